The largest absolute Gasteiger partial charge is 0.350 e. The molecule has 5 nitrogen and oxygen atoms in total. The Morgan fingerprint density at radius 2 is 1.80 bits per heavy atom. The third-order valence-corrected chi connectivity index (χ3v) is 5.39. The maximum atomic E-state index is 4.50. The molecule has 0 spiro atoms. The summed E-state index contributed by atoms with van der Waals surface area (Å²) in [5.74, 6) is 1.52. The van der Waals surface area contributed by atoms with Crippen LogP contribution in [0.3, 0.4) is 0 Å². The number of nitrogens with zero attached hydrogens (tertiary/aromatic N) is 4. The summed E-state index contributed by atoms with van der Waals surface area (Å²) in [5.41, 5.74) is 2.44. The molecule has 0 amide bonds. The number of anilines is 1. The monoisotopic (exact) mass is 337 g/mol. The lowest BCUT2D eigenvalue weighted by molar-refractivity contribution is 0.124. The minimum absolute atomic E-state index is 0.680. The van der Waals surface area contributed by atoms with Gasteiger partial charge in [0.15, 0.2) is 0 Å². The fourth-order valence-corrected chi connectivity index (χ4v) is 4.15. The highest BCUT2D eigenvalue weighted by Crippen LogP contribution is 2.28. The number of aromatic nitrogens is 2. The zero-order chi connectivity index (χ0) is 17.1. The first-order chi connectivity index (χ1) is 12.3. The van der Waals surface area contributed by atoms with Crippen LogP contribution >= 0.6 is 0 Å². The van der Waals surface area contributed by atoms with Crippen molar-refractivity contribution in [2.24, 2.45) is 5.92 Å². The van der Waals surface area contributed by atoms with Crippen molar-refractivity contribution in [2.75, 3.05) is 32.0 Å². The lowest BCUT2D eigenvalue weighted by Gasteiger charge is -2.36. The number of likely N-dealkylation sites (N-methyl/N-ethyl adjacent to an activating group) is 1. The fraction of sp³-hybridized carbons (Fsp3) is 0.500. The number of hydrogen-bond donors (Lipinski definition) is 1. The molecule has 1 N–H and O–H groups in total. The van der Waals surface area contributed by atoms with Crippen molar-refractivity contribution in [1.82, 2.24) is 19.8 Å². The molecule has 3 fully saturated rings. The Labute approximate surface area is 150 Å². The molecule has 25 heavy (non-hydrogen) atoms. The van der Waals surface area contributed by atoms with Crippen LogP contribution in [0.25, 0.3) is 0 Å². The van der Waals surface area contributed by atoms with E-state index in [4.69, 9.17) is 0 Å². The van der Waals surface area contributed by atoms with Crippen molar-refractivity contribution in [3.05, 3.63) is 53.9 Å². The van der Waals surface area contributed by atoms with Crippen LogP contribution in [-0.2, 0) is 13.1 Å². The second-order valence-electron chi connectivity index (χ2n) is 7.50. The Kier molecular flexibility index (Phi) is 4.95. The topological polar surface area (TPSA) is 44.3 Å². The first-order valence-electron chi connectivity index (χ1n) is 9.27. The van der Waals surface area contributed by atoms with Gasteiger partial charge in [-0.15, -0.1) is 0 Å². The summed E-state index contributed by atoms with van der Waals surface area (Å²) in [6.45, 7) is 5.36. The van der Waals surface area contributed by atoms with Crippen LogP contribution in [0.15, 0.2) is 42.7 Å². The molecule has 132 valence electrons. The molecule has 2 atom stereocenters. The van der Waals surface area contributed by atoms with Crippen LogP contribution in [0.1, 0.15) is 24.0 Å². The molecule has 1 aromatic carbocycles. The predicted molar refractivity (Wildman–Crippen MR) is 100 cm³/mol. The molecule has 0 radical (unpaired) electrons. The van der Waals surface area contributed by atoms with Crippen molar-refractivity contribution in [2.45, 2.75) is 32.0 Å². The number of fused-ring (bicyclic) bond motifs is 4. The molecule has 5 heteroatoms. The molecule has 0 saturated carbocycles. The van der Waals surface area contributed by atoms with Crippen LogP contribution in [0.5, 0.6) is 0 Å². The van der Waals surface area contributed by atoms with Crippen molar-refractivity contribution in [1.29, 1.82) is 0 Å². The van der Waals surface area contributed by atoms with E-state index in [9.17, 15) is 0 Å². The highest BCUT2D eigenvalue weighted by atomic mass is 15.2. The van der Waals surface area contributed by atoms with Crippen LogP contribution < -0.4 is 5.32 Å². The van der Waals surface area contributed by atoms with Gasteiger partial charge >= 0.3 is 0 Å². The van der Waals surface area contributed by atoms with E-state index in [1.54, 1.807) is 0 Å². The van der Waals surface area contributed by atoms with Gasteiger partial charge in [-0.25, -0.2) is 9.97 Å². The zero-order valence-corrected chi connectivity index (χ0v) is 14.9. The van der Waals surface area contributed by atoms with E-state index >= 15 is 0 Å². The predicted octanol–water partition coefficient (Wildman–Crippen LogP) is 2.61. The molecule has 3 saturated heterocycles. The van der Waals surface area contributed by atoms with Gasteiger partial charge in [-0.3, -0.25) is 4.90 Å². The second kappa shape index (κ2) is 7.50. The molecule has 2 aromatic rings. The molecule has 2 bridgehead atoms. The van der Waals surface area contributed by atoms with Crippen LogP contribution in [0.4, 0.5) is 5.95 Å². The van der Waals surface area contributed by atoms with Gasteiger partial charge in [-0.05, 0) is 31.4 Å². The van der Waals surface area contributed by atoms with Gasteiger partial charge in [-0.1, -0.05) is 30.3 Å². The number of rotatable bonds is 5. The standard InChI is InChI=1S/C20H27N5/c1-24-12-17-7-8-19(15-24)25(13-17)14-18-10-22-20(23-11-18)21-9-16-5-3-2-4-6-16/h2-6,10-11,17,19H,7-9,12-15H2,1H3,(H,21,22,23)/t17-,19+/m0/s1. The van der Waals surface area contributed by atoms with Gasteiger partial charge in [-0.2, -0.15) is 0 Å². The van der Waals surface area contributed by atoms with E-state index in [0.29, 0.717) is 12.0 Å². The molecule has 4 heterocycles. The SMILES string of the molecule is CN1C[C@@H]2CC[C@H](C1)N(Cc1cnc(NCc3ccccc3)nc1)C2. The first-order valence-corrected chi connectivity index (χ1v) is 9.27. The van der Waals surface area contributed by atoms with Gasteiger partial charge in [0.25, 0.3) is 0 Å². The molecule has 5 rings (SSSR count). The Hall–Kier alpha value is -1.98. The van der Waals surface area contributed by atoms with Gasteiger partial charge in [0.1, 0.15) is 0 Å². The third kappa shape index (κ3) is 4.17. The quantitative estimate of drug-likeness (QED) is 0.909. The average Bonchev–Trinajstić information content (AvgIpc) is 2.91. The van der Waals surface area contributed by atoms with E-state index < -0.39 is 0 Å². The molecule has 0 unspecified atom stereocenters. The fourth-order valence-electron chi connectivity index (χ4n) is 4.15. The van der Waals surface area contributed by atoms with Gasteiger partial charge in [0, 0.05) is 56.7 Å². The average molecular weight is 337 g/mol. The summed E-state index contributed by atoms with van der Waals surface area (Å²) < 4.78 is 0. The highest BCUT2D eigenvalue weighted by Gasteiger charge is 2.33. The first kappa shape index (κ1) is 16.5. The van der Waals surface area contributed by atoms with Crippen molar-refractivity contribution < 1.29 is 0 Å². The Morgan fingerprint density at radius 3 is 2.60 bits per heavy atom. The van der Waals surface area contributed by atoms with E-state index in [2.05, 4.69) is 44.3 Å². The third-order valence-electron chi connectivity index (χ3n) is 5.39. The number of benzene rings is 1. The van der Waals surface area contributed by atoms with E-state index in [-0.39, 0.29) is 0 Å². The molecular formula is C20H27N5. The summed E-state index contributed by atoms with van der Waals surface area (Å²) >= 11 is 0. The van der Waals surface area contributed by atoms with Gasteiger partial charge < -0.3 is 10.2 Å². The molecule has 3 aliphatic heterocycles. The van der Waals surface area contributed by atoms with Crippen LogP contribution in [0.2, 0.25) is 0 Å². The maximum Gasteiger partial charge on any atom is 0.222 e. The van der Waals surface area contributed by atoms with Crippen molar-refractivity contribution >= 4 is 5.95 Å². The number of nitrogens with one attached hydrogen (secondary N) is 1. The molecule has 0 aliphatic carbocycles. The van der Waals surface area contributed by atoms with Crippen LogP contribution in [0, 0.1) is 5.92 Å². The minimum atomic E-state index is 0.680. The highest BCUT2D eigenvalue weighted by molar-refractivity contribution is 5.28. The lowest BCUT2D eigenvalue weighted by Crippen LogP contribution is -2.43. The molecule has 1 aromatic heterocycles. The summed E-state index contributed by atoms with van der Waals surface area (Å²) in [6, 6.07) is 11.0. The molecule has 3 aliphatic rings. The van der Waals surface area contributed by atoms with Crippen molar-refractivity contribution in [3.63, 3.8) is 0 Å². The van der Waals surface area contributed by atoms with Gasteiger partial charge in [0.05, 0.1) is 0 Å². The summed E-state index contributed by atoms with van der Waals surface area (Å²) in [7, 11) is 2.26. The van der Waals surface area contributed by atoms with Crippen molar-refractivity contribution in [3.8, 4) is 0 Å². The van der Waals surface area contributed by atoms with E-state index in [1.807, 2.05) is 30.6 Å². The maximum absolute atomic E-state index is 4.50. The van der Waals surface area contributed by atoms with E-state index in [1.165, 1.54) is 43.6 Å². The summed E-state index contributed by atoms with van der Waals surface area (Å²) in [5, 5.41) is 3.29. The summed E-state index contributed by atoms with van der Waals surface area (Å²) in [6.07, 6.45) is 6.65. The Morgan fingerprint density at radius 1 is 1.00 bits per heavy atom. The lowest BCUT2D eigenvalue weighted by atomic mass is 9.95. The number of piperidine rings is 1. The number of hydrogen-bond acceptors (Lipinski definition) is 5. The zero-order valence-electron chi connectivity index (χ0n) is 14.9. The minimum Gasteiger partial charge on any atom is -0.350 e. The summed E-state index contributed by atoms with van der Waals surface area (Å²) in [4.78, 5) is 14.1. The molecular weight excluding hydrogens is 310 g/mol. The van der Waals surface area contributed by atoms with Gasteiger partial charge in [0.2, 0.25) is 5.95 Å². The Balaban J connectivity index is 1.34. The smallest absolute Gasteiger partial charge is 0.222 e. The Bertz CT molecular complexity index is 672. The second-order valence-corrected chi connectivity index (χ2v) is 7.50. The normalized spacial score (nSPS) is 24.2. The van der Waals surface area contributed by atoms with E-state index in [0.717, 1.165) is 19.0 Å². The van der Waals surface area contributed by atoms with Crippen LogP contribution in [-0.4, -0.2) is 52.5 Å².